The van der Waals surface area contributed by atoms with Crippen LogP contribution < -0.4 is 5.32 Å². The molecule has 2 rings (SSSR count). The van der Waals surface area contributed by atoms with Gasteiger partial charge in [0.05, 0.1) is 5.69 Å². The Hall–Kier alpha value is -1.62. The van der Waals surface area contributed by atoms with Gasteiger partial charge in [0, 0.05) is 44.6 Å². The summed E-state index contributed by atoms with van der Waals surface area (Å²) >= 11 is 0. The Kier molecular flexibility index (Phi) is 4.74. The first kappa shape index (κ1) is 13.8. The van der Waals surface area contributed by atoms with Crippen LogP contribution in [-0.4, -0.2) is 26.1 Å². The standard InChI is InChI=1S/C14H23N5/c1-12(2)10-15-11-13-5-8-19(17-13)9-6-14-4-7-16-18(14)3/h4-5,7-8,12,15H,6,9-11H2,1-3H3. The first-order chi connectivity index (χ1) is 9.15. The van der Waals surface area contributed by atoms with Crippen LogP contribution in [0.1, 0.15) is 25.2 Å². The van der Waals surface area contributed by atoms with Crippen molar-refractivity contribution in [3.63, 3.8) is 0 Å². The van der Waals surface area contributed by atoms with Crippen molar-refractivity contribution in [1.29, 1.82) is 0 Å². The minimum absolute atomic E-state index is 0.673. The maximum atomic E-state index is 4.56. The highest BCUT2D eigenvalue weighted by Crippen LogP contribution is 2.01. The number of aryl methyl sites for hydroxylation is 3. The molecule has 5 heteroatoms. The number of hydrogen-bond acceptors (Lipinski definition) is 3. The predicted molar refractivity (Wildman–Crippen MR) is 75.7 cm³/mol. The van der Waals surface area contributed by atoms with Crippen molar-refractivity contribution in [2.45, 2.75) is 33.4 Å². The Bertz CT molecular complexity index is 497. The van der Waals surface area contributed by atoms with Crippen LogP contribution in [-0.2, 0) is 26.6 Å². The molecule has 0 aromatic carbocycles. The lowest BCUT2D eigenvalue weighted by molar-refractivity contribution is 0.536. The van der Waals surface area contributed by atoms with Gasteiger partial charge in [0.2, 0.25) is 0 Å². The van der Waals surface area contributed by atoms with Gasteiger partial charge in [-0.05, 0) is 24.6 Å². The van der Waals surface area contributed by atoms with E-state index in [-0.39, 0.29) is 0 Å². The average molecular weight is 261 g/mol. The minimum atomic E-state index is 0.673. The van der Waals surface area contributed by atoms with Crippen LogP contribution in [0.25, 0.3) is 0 Å². The Morgan fingerprint density at radius 2 is 2.16 bits per heavy atom. The van der Waals surface area contributed by atoms with Crippen LogP contribution in [0.4, 0.5) is 0 Å². The van der Waals surface area contributed by atoms with Crippen LogP contribution in [0, 0.1) is 5.92 Å². The van der Waals surface area contributed by atoms with E-state index in [0.717, 1.165) is 31.7 Å². The summed E-state index contributed by atoms with van der Waals surface area (Å²) in [7, 11) is 1.97. The maximum absolute atomic E-state index is 4.56. The third-order valence-electron chi connectivity index (χ3n) is 3.07. The molecule has 104 valence electrons. The van der Waals surface area contributed by atoms with Crippen LogP contribution in [0.15, 0.2) is 24.5 Å². The molecule has 0 aliphatic heterocycles. The number of rotatable bonds is 7. The van der Waals surface area contributed by atoms with Gasteiger partial charge in [0.15, 0.2) is 0 Å². The summed E-state index contributed by atoms with van der Waals surface area (Å²) in [5, 5.41) is 12.1. The number of nitrogens with one attached hydrogen (secondary N) is 1. The van der Waals surface area contributed by atoms with Crippen molar-refractivity contribution < 1.29 is 0 Å². The van der Waals surface area contributed by atoms with E-state index in [1.54, 1.807) is 0 Å². The molecule has 1 N–H and O–H groups in total. The van der Waals surface area contributed by atoms with Gasteiger partial charge in [-0.2, -0.15) is 10.2 Å². The molecule has 19 heavy (non-hydrogen) atoms. The van der Waals surface area contributed by atoms with E-state index in [0.29, 0.717) is 5.92 Å². The summed E-state index contributed by atoms with van der Waals surface area (Å²) in [5.41, 5.74) is 2.33. The third kappa shape index (κ3) is 4.21. The molecule has 0 saturated heterocycles. The molecule has 5 nitrogen and oxygen atoms in total. The van der Waals surface area contributed by atoms with Crippen molar-refractivity contribution in [3.05, 3.63) is 35.9 Å². The zero-order valence-electron chi connectivity index (χ0n) is 12.0. The summed E-state index contributed by atoms with van der Waals surface area (Å²) in [6.45, 7) is 7.18. The Balaban J connectivity index is 1.79. The number of aromatic nitrogens is 4. The highest BCUT2D eigenvalue weighted by molar-refractivity contribution is 5.01. The lowest BCUT2D eigenvalue weighted by atomic mass is 10.2. The molecular weight excluding hydrogens is 238 g/mol. The molecule has 0 bridgehead atoms. The maximum Gasteiger partial charge on any atom is 0.0762 e. The van der Waals surface area contributed by atoms with Crippen molar-refractivity contribution >= 4 is 0 Å². The summed E-state index contributed by atoms with van der Waals surface area (Å²) in [5.74, 6) is 0.673. The largest absolute Gasteiger partial charge is 0.311 e. The topological polar surface area (TPSA) is 47.7 Å². The van der Waals surface area contributed by atoms with Gasteiger partial charge in [-0.3, -0.25) is 9.36 Å². The predicted octanol–water partition coefficient (Wildman–Crippen LogP) is 1.60. The van der Waals surface area contributed by atoms with E-state index < -0.39 is 0 Å². The quantitative estimate of drug-likeness (QED) is 0.823. The fourth-order valence-corrected chi connectivity index (χ4v) is 1.99. The smallest absolute Gasteiger partial charge is 0.0762 e. The van der Waals surface area contributed by atoms with Crippen LogP contribution in [0.5, 0.6) is 0 Å². The number of hydrogen-bond donors (Lipinski definition) is 1. The van der Waals surface area contributed by atoms with Gasteiger partial charge in [0.1, 0.15) is 0 Å². The molecule has 0 radical (unpaired) electrons. The Labute approximate surface area is 114 Å². The molecule has 0 amide bonds. The molecule has 2 aromatic rings. The zero-order valence-corrected chi connectivity index (χ0v) is 12.0. The second-order valence-electron chi connectivity index (χ2n) is 5.29. The van der Waals surface area contributed by atoms with Crippen molar-refractivity contribution in [2.24, 2.45) is 13.0 Å². The van der Waals surface area contributed by atoms with E-state index >= 15 is 0 Å². The fraction of sp³-hybridized carbons (Fsp3) is 0.571. The van der Waals surface area contributed by atoms with Crippen LogP contribution >= 0.6 is 0 Å². The lowest BCUT2D eigenvalue weighted by Crippen LogP contribution is -2.19. The molecular formula is C14H23N5. The first-order valence-electron chi connectivity index (χ1n) is 6.85. The van der Waals surface area contributed by atoms with Crippen molar-refractivity contribution in [3.8, 4) is 0 Å². The summed E-state index contributed by atoms with van der Waals surface area (Å²) in [4.78, 5) is 0. The van der Waals surface area contributed by atoms with Gasteiger partial charge in [-0.1, -0.05) is 13.8 Å². The van der Waals surface area contributed by atoms with E-state index in [2.05, 4.69) is 41.5 Å². The highest BCUT2D eigenvalue weighted by Gasteiger charge is 2.02. The molecule has 0 saturated carbocycles. The molecule has 0 aliphatic rings. The fourth-order valence-electron chi connectivity index (χ4n) is 1.99. The second kappa shape index (κ2) is 6.52. The first-order valence-corrected chi connectivity index (χ1v) is 6.85. The van der Waals surface area contributed by atoms with Crippen LogP contribution in [0.3, 0.4) is 0 Å². The van der Waals surface area contributed by atoms with Gasteiger partial charge < -0.3 is 5.32 Å². The van der Waals surface area contributed by atoms with Crippen molar-refractivity contribution in [2.75, 3.05) is 6.54 Å². The van der Waals surface area contributed by atoms with Crippen molar-refractivity contribution in [1.82, 2.24) is 24.9 Å². The Morgan fingerprint density at radius 1 is 1.32 bits per heavy atom. The Morgan fingerprint density at radius 3 is 2.84 bits per heavy atom. The van der Waals surface area contributed by atoms with Gasteiger partial charge in [0.25, 0.3) is 0 Å². The second-order valence-corrected chi connectivity index (χ2v) is 5.29. The SMILES string of the molecule is CC(C)CNCc1ccn(CCc2ccnn2C)n1. The van der Waals surface area contributed by atoms with Gasteiger partial charge in [-0.25, -0.2) is 0 Å². The van der Waals surface area contributed by atoms with Gasteiger partial charge in [-0.15, -0.1) is 0 Å². The van der Waals surface area contributed by atoms with Gasteiger partial charge >= 0.3 is 0 Å². The summed E-state index contributed by atoms with van der Waals surface area (Å²) in [6.07, 6.45) is 4.83. The molecule has 0 fully saturated rings. The third-order valence-corrected chi connectivity index (χ3v) is 3.07. The molecule has 2 heterocycles. The molecule has 0 atom stereocenters. The van der Waals surface area contributed by atoms with E-state index in [4.69, 9.17) is 0 Å². The normalized spacial score (nSPS) is 11.4. The minimum Gasteiger partial charge on any atom is -0.311 e. The molecule has 0 unspecified atom stereocenters. The average Bonchev–Trinajstić information content (AvgIpc) is 2.95. The van der Waals surface area contributed by atoms with Crippen LogP contribution in [0.2, 0.25) is 0 Å². The van der Waals surface area contributed by atoms with E-state index in [9.17, 15) is 0 Å². The summed E-state index contributed by atoms with van der Waals surface area (Å²) in [6, 6.07) is 4.13. The summed E-state index contributed by atoms with van der Waals surface area (Å²) < 4.78 is 3.91. The monoisotopic (exact) mass is 261 g/mol. The van der Waals surface area contributed by atoms with E-state index in [1.165, 1.54) is 5.69 Å². The zero-order chi connectivity index (χ0) is 13.7. The molecule has 0 aliphatic carbocycles. The molecule has 0 spiro atoms. The van der Waals surface area contributed by atoms with E-state index in [1.807, 2.05) is 28.8 Å². The number of nitrogens with zero attached hydrogens (tertiary/aromatic N) is 4. The lowest BCUT2D eigenvalue weighted by Gasteiger charge is -2.05. The highest BCUT2D eigenvalue weighted by atomic mass is 15.3. The molecule has 2 aromatic heterocycles.